The first-order valence-electron chi connectivity index (χ1n) is 8.00. The van der Waals surface area contributed by atoms with Crippen molar-refractivity contribution in [3.63, 3.8) is 0 Å². The van der Waals surface area contributed by atoms with E-state index in [0.29, 0.717) is 6.54 Å². The lowest BCUT2D eigenvalue weighted by atomic mass is 10.1. The van der Waals surface area contributed by atoms with Crippen LogP contribution >= 0.6 is 0 Å². The van der Waals surface area contributed by atoms with Crippen molar-refractivity contribution in [3.8, 4) is 5.75 Å². The van der Waals surface area contributed by atoms with Gasteiger partial charge in [-0.1, -0.05) is 19.8 Å². The Morgan fingerprint density at radius 2 is 2.10 bits per heavy atom. The molecule has 1 aromatic carbocycles. The standard InChI is InChI=1S/C17H26N2O2/c1-2-3-4-12-21-16-9-7-14(8-10-16)17(20)19-11-5-6-15(19)13-18/h7-10,15H,2-6,11-13,18H2,1H3. The first kappa shape index (κ1) is 15.8. The normalized spacial score (nSPS) is 18.0. The van der Waals surface area contributed by atoms with E-state index in [2.05, 4.69) is 6.92 Å². The molecule has 116 valence electrons. The molecule has 0 aromatic heterocycles. The summed E-state index contributed by atoms with van der Waals surface area (Å²) in [4.78, 5) is 14.4. The van der Waals surface area contributed by atoms with Crippen LogP contribution in [0.5, 0.6) is 5.75 Å². The summed E-state index contributed by atoms with van der Waals surface area (Å²) in [6.07, 6.45) is 5.51. The van der Waals surface area contributed by atoms with E-state index in [1.54, 1.807) is 0 Å². The Kier molecular flexibility index (Phi) is 6.05. The fraction of sp³-hybridized carbons (Fsp3) is 0.588. The molecule has 4 heteroatoms. The second-order valence-corrected chi connectivity index (χ2v) is 5.61. The zero-order chi connectivity index (χ0) is 15.1. The Morgan fingerprint density at radius 3 is 2.76 bits per heavy atom. The quantitative estimate of drug-likeness (QED) is 0.786. The SMILES string of the molecule is CCCCCOc1ccc(C(=O)N2CCCC2CN)cc1. The number of nitrogens with two attached hydrogens (primary N) is 1. The average molecular weight is 290 g/mol. The van der Waals surface area contributed by atoms with E-state index >= 15 is 0 Å². The number of benzene rings is 1. The minimum absolute atomic E-state index is 0.0838. The Hall–Kier alpha value is -1.55. The van der Waals surface area contributed by atoms with E-state index in [-0.39, 0.29) is 11.9 Å². The molecule has 0 radical (unpaired) electrons. The molecule has 0 bridgehead atoms. The van der Waals surface area contributed by atoms with Gasteiger partial charge in [-0.25, -0.2) is 0 Å². The topological polar surface area (TPSA) is 55.6 Å². The Labute approximate surface area is 127 Å². The molecular weight excluding hydrogens is 264 g/mol. The summed E-state index contributed by atoms with van der Waals surface area (Å²) in [5.41, 5.74) is 6.45. The lowest BCUT2D eigenvalue weighted by Gasteiger charge is -2.23. The van der Waals surface area contributed by atoms with Crippen LogP contribution in [0.1, 0.15) is 49.4 Å². The first-order chi connectivity index (χ1) is 10.3. The molecule has 1 aromatic rings. The maximum Gasteiger partial charge on any atom is 0.254 e. The number of hydrogen-bond acceptors (Lipinski definition) is 3. The molecule has 1 aliphatic heterocycles. The monoisotopic (exact) mass is 290 g/mol. The van der Waals surface area contributed by atoms with Gasteiger partial charge in [0.1, 0.15) is 5.75 Å². The summed E-state index contributed by atoms with van der Waals surface area (Å²) in [5.74, 6) is 0.917. The van der Waals surface area contributed by atoms with E-state index < -0.39 is 0 Å². The molecule has 2 N–H and O–H groups in total. The first-order valence-corrected chi connectivity index (χ1v) is 8.00. The fourth-order valence-electron chi connectivity index (χ4n) is 2.75. The number of ether oxygens (including phenoxy) is 1. The van der Waals surface area contributed by atoms with E-state index in [4.69, 9.17) is 10.5 Å². The molecule has 0 saturated carbocycles. The smallest absolute Gasteiger partial charge is 0.254 e. The predicted octanol–water partition coefficient (Wildman–Crippen LogP) is 2.82. The van der Waals surface area contributed by atoms with Gasteiger partial charge in [-0.2, -0.15) is 0 Å². The molecule has 1 fully saturated rings. The third-order valence-electron chi connectivity index (χ3n) is 4.03. The van der Waals surface area contributed by atoms with Gasteiger partial charge in [0, 0.05) is 24.7 Å². The van der Waals surface area contributed by atoms with Crippen LogP contribution in [0.4, 0.5) is 0 Å². The van der Waals surface area contributed by atoms with Gasteiger partial charge in [0.15, 0.2) is 0 Å². The second-order valence-electron chi connectivity index (χ2n) is 5.61. The van der Waals surface area contributed by atoms with Crippen LogP contribution in [-0.4, -0.2) is 36.5 Å². The number of nitrogens with zero attached hydrogens (tertiary/aromatic N) is 1. The molecule has 1 unspecified atom stereocenters. The van der Waals surface area contributed by atoms with Gasteiger partial charge in [-0.05, 0) is 43.5 Å². The maximum atomic E-state index is 12.5. The summed E-state index contributed by atoms with van der Waals surface area (Å²) < 4.78 is 5.67. The van der Waals surface area contributed by atoms with Crippen molar-refractivity contribution < 1.29 is 9.53 Å². The Bertz CT molecular complexity index is 445. The van der Waals surface area contributed by atoms with Crippen LogP contribution in [0.2, 0.25) is 0 Å². The number of carbonyl (C=O) groups is 1. The molecule has 4 nitrogen and oxygen atoms in total. The third-order valence-corrected chi connectivity index (χ3v) is 4.03. The minimum Gasteiger partial charge on any atom is -0.494 e. The maximum absolute atomic E-state index is 12.5. The van der Waals surface area contributed by atoms with Gasteiger partial charge < -0.3 is 15.4 Å². The van der Waals surface area contributed by atoms with Gasteiger partial charge in [0.25, 0.3) is 5.91 Å². The number of rotatable bonds is 7. The zero-order valence-corrected chi connectivity index (χ0v) is 12.9. The van der Waals surface area contributed by atoms with Crippen LogP contribution in [0, 0.1) is 0 Å². The van der Waals surface area contributed by atoms with Gasteiger partial charge in [0.2, 0.25) is 0 Å². The largest absolute Gasteiger partial charge is 0.494 e. The molecular formula is C17H26N2O2. The number of hydrogen-bond donors (Lipinski definition) is 1. The molecule has 1 heterocycles. The molecule has 1 amide bonds. The van der Waals surface area contributed by atoms with Crippen molar-refractivity contribution in [1.82, 2.24) is 4.90 Å². The van der Waals surface area contributed by atoms with Crippen molar-refractivity contribution in [3.05, 3.63) is 29.8 Å². The van der Waals surface area contributed by atoms with Crippen LogP contribution < -0.4 is 10.5 Å². The highest BCUT2D eigenvalue weighted by atomic mass is 16.5. The molecule has 0 aliphatic carbocycles. The van der Waals surface area contributed by atoms with Crippen LogP contribution in [0.25, 0.3) is 0 Å². The highest BCUT2D eigenvalue weighted by Crippen LogP contribution is 2.21. The molecule has 1 atom stereocenters. The second kappa shape index (κ2) is 8.03. The highest BCUT2D eigenvalue weighted by molar-refractivity contribution is 5.94. The molecule has 21 heavy (non-hydrogen) atoms. The fourth-order valence-corrected chi connectivity index (χ4v) is 2.75. The summed E-state index contributed by atoms with van der Waals surface area (Å²) in [6.45, 7) is 4.27. The van der Waals surface area contributed by atoms with Crippen molar-refractivity contribution in [1.29, 1.82) is 0 Å². The van der Waals surface area contributed by atoms with Crippen LogP contribution in [-0.2, 0) is 0 Å². The Morgan fingerprint density at radius 1 is 1.33 bits per heavy atom. The number of unbranched alkanes of at least 4 members (excludes halogenated alkanes) is 2. The summed E-state index contributed by atoms with van der Waals surface area (Å²) in [5, 5.41) is 0. The molecule has 2 rings (SSSR count). The lowest BCUT2D eigenvalue weighted by Crippen LogP contribution is -2.39. The summed E-state index contributed by atoms with van der Waals surface area (Å²) in [6, 6.07) is 7.66. The third kappa shape index (κ3) is 4.21. The summed E-state index contributed by atoms with van der Waals surface area (Å²) in [7, 11) is 0. The Balaban J connectivity index is 1.90. The van der Waals surface area contributed by atoms with Gasteiger partial charge in [-0.15, -0.1) is 0 Å². The van der Waals surface area contributed by atoms with Crippen molar-refractivity contribution in [2.45, 2.75) is 45.1 Å². The van der Waals surface area contributed by atoms with Gasteiger partial charge in [-0.3, -0.25) is 4.79 Å². The van der Waals surface area contributed by atoms with Crippen LogP contribution in [0.15, 0.2) is 24.3 Å². The van der Waals surface area contributed by atoms with E-state index in [9.17, 15) is 4.79 Å². The van der Waals surface area contributed by atoms with Crippen LogP contribution in [0.3, 0.4) is 0 Å². The average Bonchev–Trinajstić information content (AvgIpc) is 3.00. The predicted molar refractivity (Wildman–Crippen MR) is 84.6 cm³/mol. The number of likely N-dealkylation sites (tertiary alicyclic amines) is 1. The lowest BCUT2D eigenvalue weighted by molar-refractivity contribution is 0.0741. The van der Waals surface area contributed by atoms with Gasteiger partial charge >= 0.3 is 0 Å². The van der Waals surface area contributed by atoms with E-state index in [1.165, 1.54) is 12.8 Å². The van der Waals surface area contributed by atoms with Crippen molar-refractivity contribution >= 4 is 5.91 Å². The van der Waals surface area contributed by atoms with Crippen molar-refractivity contribution in [2.24, 2.45) is 5.73 Å². The van der Waals surface area contributed by atoms with Gasteiger partial charge in [0.05, 0.1) is 6.61 Å². The van der Waals surface area contributed by atoms with E-state index in [0.717, 1.165) is 43.7 Å². The highest BCUT2D eigenvalue weighted by Gasteiger charge is 2.28. The molecule has 1 aliphatic rings. The molecule has 0 spiro atoms. The number of carbonyl (C=O) groups excluding carboxylic acids is 1. The van der Waals surface area contributed by atoms with E-state index in [1.807, 2.05) is 29.2 Å². The summed E-state index contributed by atoms with van der Waals surface area (Å²) >= 11 is 0. The number of amides is 1. The molecule has 1 saturated heterocycles. The zero-order valence-electron chi connectivity index (χ0n) is 12.9. The van der Waals surface area contributed by atoms with Crippen molar-refractivity contribution in [2.75, 3.05) is 19.7 Å². The minimum atomic E-state index is 0.0838.